The maximum atomic E-state index is 11.5. The predicted molar refractivity (Wildman–Crippen MR) is 75.0 cm³/mol. The molecule has 4 nitrogen and oxygen atoms in total. The molecule has 0 aliphatic carbocycles. The van der Waals surface area contributed by atoms with E-state index >= 15 is 0 Å². The second-order valence-corrected chi connectivity index (χ2v) is 6.63. The van der Waals surface area contributed by atoms with E-state index in [1.807, 2.05) is 45.0 Å². The van der Waals surface area contributed by atoms with Crippen molar-refractivity contribution in [2.75, 3.05) is 0 Å². The van der Waals surface area contributed by atoms with Crippen LogP contribution in [0.1, 0.15) is 31.9 Å². The zero-order chi connectivity index (χ0) is 14.0. The van der Waals surface area contributed by atoms with Gasteiger partial charge in [0, 0.05) is 12.0 Å². The van der Waals surface area contributed by atoms with Crippen LogP contribution in [-0.4, -0.2) is 15.9 Å². The number of hydrogen-bond donors (Lipinski definition) is 1. The molecule has 0 spiro atoms. The number of amides is 1. The molecule has 1 unspecified atom stereocenters. The van der Waals surface area contributed by atoms with E-state index in [9.17, 15) is 9.00 Å². The summed E-state index contributed by atoms with van der Waals surface area (Å²) in [5.41, 5.74) is 1.40. The maximum absolute atomic E-state index is 11.5. The van der Waals surface area contributed by atoms with E-state index in [-0.39, 0.29) is 0 Å². The smallest absolute Gasteiger partial charge is 0.407 e. The summed E-state index contributed by atoms with van der Waals surface area (Å²) < 4.78 is 16.7. The number of carbonyl (C=O) groups is 1. The Morgan fingerprint density at radius 1 is 1.37 bits per heavy atom. The van der Waals surface area contributed by atoms with E-state index in [2.05, 4.69) is 5.32 Å². The average molecular weight is 279 g/mol. The van der Waals surface area contributed by atoms with Gasteiger partial charge in [-0.25, -0.2) is 9.00 Å². The van der Waals surface area contributed by atoms with Gasteiger partial charge in [0.05, 0.1) is 15.7 Å². The lowest BCUT2D eigenvalue weighted by Crippen LogP contribution is -2.32. The minimum atomic E-state index is -1.02. The van der Waals surface area contributed by atoms with Crippen LogP contribution in [0.2, 0.25) is 0 Å². The fourth-order valence-corrected chi connectivity index (χ4v) is 2.70. The van der Waals surface area contributed by atoms with Gasteiger partial charge in [0.25, 0.3) is 0 Å². The van der Waals surface area contributed by atoms with Gasteiger partial charge in [0.2, 0.25) is 0 Å². The molecule has 0 saturated carbocycles. The monoisotopic (exact) mass is 279 g/mol. The molecule has 0 saturated heterocycles. The quantitative estimate of drug-likeness (QED) is 0.905. The van der Waals surface area contributed by atoms with Crippen LogP contribution in [-0.2, 0) is 22.1 Å². The van der Waals surface area contributed by atoms with Crippen molar-refractivity contribution in [3.63, 3.8) is 0 Å². The van der Waals surface area contributed by atoms with Gasteiger partial charge in [-0.05, 0) is 50.1 Å². The summed E-state index contributed by atoms with van der Waals surface area (Å²) in [5, 5.41) is 4.36. The summed E-state index contributed by atoms with van der Waals surface area (Å²) in [4.78, 5) is 12.3. The number of nitrogens with one attached hydrogen (secondary N) is 1. The summed E-state index contributed by atoms with van der Waals surface area (Å²) in [6.07, 6.45) is 1.40. The van der Waals surface area contributed by atoms with Gasteiger partial charge in [-0.1, -0.05) is 6.07 Å². The van der Waals surface area contributed by atoms with Crippen LogP contribution in [0.4, 0.5) is 4.79 Å². The van der Waals surface area contributed by atoms with Gasteiger partial charge in [-0.3, -0.25) is 0 Å². The topological polar surface area (TPSA) is 55.4 Å². The Kier molecular flexibility index (Phi) is 3.75. The molecular formula is C14H17NO3S. The number of ether oxygens (including phenoxy) is 1. The van der Waals surface area contributed by atoms with E-state index in [0.29, 0.717) is 6.54 Å². The molecule has 102 valence electrons. The molecule has 0 fully saturated rings. The van der Waals surface area contributed by atoms with Crippen molar-refractivity contribution < 1.29 is 13.7 Å². The number of fused-ring (bicyclic) bond motifs is 1. The largest absolute Gasteiger partial charge is 0.444 e. The van der Waals surface area contributed by atoms with Crippen LogP contribution in [0.3, 0.4) is 0 Å². The minimum Gasteiger partial charge on any atom is -0.444 e. The normalized spacial score (nSPS) is 17.1. The molecule has 0 bridgehead atoms. The summed E-state index contributed by atoms with van der Waals surface area (Å²) in [6.45, 7) is 5.86. The number of hydrogen-bond acceptors (Lipinski definition) is 3. The lowest BCUT2D eigenvalue weighted by molar-refractivity contribution is 0.0523. The van der Waals surface area contributed by atoms with Crippen molar-refractivity contribution in [3.8, 4) is 0 Å². The Balaban J connectivity index is 1.96. The standard InChI is InChI=1S/C14H17NO3S/c1-14(2,3)18-13(16)15-9-10-4-5-12-11(8-10)6-7-19(12)17/h4-8H,9H2,1-3H3,(H,15,16). The van der Waals surface area contributed by atoms with Crippen molar-refractivity contribution in [1.82, 2.24) is 5.32 Å². The number of carbonyl (C=O) groups excluding carboxylic acids is 1. The highest BCUT2D eigenvalue weighted by Crippen LogP contribution is 2.24. The molecule has 1 amide bonds. The third-order valence-electron chi connectivity index (χ3n) is 2.50. The summed E-state index contributed by atoms with van der Waals surface area (Å²) >= 11 is 0. The highest BCUT2D eigenvalue weighted by molar-refractivity contribution is 7.88. The van der Waals surface area contributed by atoms with Crippen molar-refractivity contribution in [1.29, 1.82) is 0 Å². The zero-order valence-electron chi connectivity index (χ0n) is 11.2. The van der Waals surface area contributed by atoms with Crippen LogP contribution >= 0.6 is 0 Å². The molecule has 0 radical (unpaired) electrons. The van der Waals surface area contributed by atoms with Gasteiger partial charge < -0.3 is 10.1 Å². The van der Waals surface area contributed by atoms with Gasteiger partial charge in [0.1, 0.15) is 5.60 Å². The number of alkyl carbamates (subject to hydrolysis) is 1. The Morgan fingerprint density at radius 2 is 2.11 bits per heavy atom. The van der Waals surface area contributed by atoms with Gasteiger partial charge in [-0.2, -0.15) is 0 Å². The Hall–Kier alpha value is -1.62. The van der Waals surface area contributed by atoms with Crippen LogP contribution in [0.5, 0.6) is 0 Å². The van der Waals surface area contributed by atoms with Crippen LogP contribution in [0, 0.1) is 0 Å². The van der Waals surface area contributed by atoms with Gasteiger partial charge in [-0.15, -0.1) is 0 Å². The maximum Gasteiger partial charge on any atom is 0.407 e. The number of benzene rings is 1. The first-order valence-electron chi connectivity index (χ1n) is 6.04. The summed E-state index contributed by atoms with van der Waals surface area (Å²) in [6, 6.07) is 5.62. The molecule has 1 N–H and O–H groups in total. The molecule has 0 aromatic heterocycles. The first-order valence-corrected chi connectivity index (χ1v) is 7.25. The van der Waals surface area contributed by atoms with E-state index in [0.717, 1.165) is 16.0 Å². The van der Waals surface area contributed by atoms with Crippen LogP contribution in [0.25, 0.3) is 6.08 Å². The Morgan fingerprint density at radius 3 is 2.79 bits per heavy atom. The second kappa shape index (κ2) is 5.17. The summed E-state index contributed by atoms with van der Waals surface area (Å²) in [5.74, 6) is 0. The first kappa shape index (κ1) is 13.8. The Bertz CT molecular complexity index is 558. The molecule has 1 aromatic rings. The fraction of sp³-hybridized carbons (Fsp3) is 0.357. The molecular weight excluding hydrogens is 262 g/mol. The molecule has 1 atom stereocenters. The van der Waals surface area contributed by atoms with E-state index in [4.69, 9.17) is 4.74 Å². The highest BCUT2D eigenvalue weighted by Gasteiger charge is 2.16. The second-order valence-electron chi connectivity index (χ2n) is 5.33. The lowest BCUT2D eigenvalue weighted by Gasteiger charge is -2.19. The molecule has 1 heterocycles. The van der Waals surface area contributed by atoms with Gasteiger partial charge >= 0.3 is 6.09 Å². The van der Waals surface area contributed by atoms with Crippen molar-refractivity contribution in [3.05, 3.63) is 34.7 Å². The van der Waals surface area contributed by atoms with Crippen molar-refractivity contribution in [2.24, 2.45) is 0 Å². The third-order valence-corrected chi connectivity index (χ3v) is 3.69. The molecule has 1 aromatic carbocycles. The molecule has 1 aliphatic heterocycles. The highest BCUT2D eigenvalue weighted by atomic mass is 32.2. The lowest BCUT2D eigenvalue weighted by atomic mass is 10.1. The third kappa shape index (κ3) is 3.67. The minimum absolute atomic E-state index is 0.392. The first-order chi connectivity index (χ1) is 8.85. The molecule has 5 heteroatoms. The number of rotatable bonds is 2. The van der Waals surface area contributed by atoms with Gasteiger partial charge in [0.15, 0.2) is 0 Å². The summed E-state index contributed by atoms with van der Waals surface area (Å²) in [7, 11) is -1.02. The molecule has 1 aliphatic rings. The molecule has 19 heavy (non-hydrogen) atoms. The van der Waals surface area contributed by atoms with Crippen LogP contribution < -0.4 is 5.32 Å². The van der Waals surface area contributed by atoms with E-state index in [1.165, 1.54) is 0 Å². The Labute approximate surface area is 115 Å². The van der Waals surface area contributed by atoms with E-state index in [1.54, 1.807) is 5.41 Å². The van der Waals surface area contributed by atoms with Crippen LogP contribution in [0.15, 0.2) is 28.5 Å². The fourth-order valence-electron chi connectivity index (χ4n) is 1.72. The zero-order valence-corrected chi connectivity index (χ0v) is 12.0. The SMILES string of the molecule is CC(C)(C)OC(=O)NCc1ccc2c(c1)C=CS2=O. The average Bonchev–Trinajstić information content (AvgIpc) is 2.66. The van der Waals surface area contributed by atoms with Crippen molar-refractivity contribution >= 4 is 23.0 Å². The molecule has 2 rings (SSSR count). The predicted octanol–water partition coefficient (Wildman–Crippen LogP) is 2.80. The van der Waals surface area contributed by atoms with Crippen molar-refractivity contribution in [2.45, 2.75) is 37.8 Å². The van der Waals surface area contributed by atoms with E-state index < -0.39 is 22.5 Å².